The molecular formula is C56H96Cl2N4O3. The summed E-state index contributed by atoms with van der Waals surface area (Å²) < 4.78 is 8.21. The minimum atomic E-state index is 0. The number of benzene rings is 2. The number of hydrogen-bond donors (Lipinski definition) is 0. The van der Waals surface area contributed by atoms with Crippen molar-refractivity contribution >= 4 is 11.8 Å². The predicted octanol–water partition coefficient (Wildman–Crippen LogP) is 8.03. The molecule has 372 valence electrons. The summed E-state index contributed by atoms with van der Waals surface area (Å²) in [4.78, 5) is 30.2. The van der Waals surface area contributed by atoms with Gasteiger partial charge in [0, 0.05) is 24.0 Å². The molecule has 2 saturated heterocycles. The van der Waals surface area contributed by atoms with E-state index in [4.69, 9.17) is 4.74 Å². The lowest BCUT2D eigenvalue weighted by Crippen LogP contribution is -3.00. The van der Waals surface area contributed by atoms with E-state index in [9.17, 15) is 9.59 Å². The van der Waals surface area contributed by atoms with Gasteiger partial charge in [-0.05, 0) is 61.4 Å². The van der Waals surface area contributed by atoms with Crippen LogP contribution in [0.3, 0.4) is 0 Å². The molecule has 7 nitrogen and oxygen atoms in total. The van der Waals surface area contributed by atoms with Gasteiger partial charge in [-0.15, -0.1) is 0 Å². The first-order chi connectivity index (χ1) is 30.7. The summed E-state index contributed by atoms with van der Waals surface area (Å²) in [5.41, 5.74) is 2.62. The summed E-state index contributed by atoms with van der Waals surface area (Å²) in [6.07, 6.45) is 36.2. The molecule has 2 aliphatic heterocycles. The number of nitrogens with zero attached hydrogens (tertiary/aromatic N) is 4. The lowest BCUT2D eigenvalue weighted by Gasteiger charge is -2.42. The number of quaternary nitrogens is 2. The van der Waals surface area contributed by atoms with Crippen molar-refractivity contribution in [2.24, 2.45) is 0 Å². The van der Waals surface area contributed by atoms with Gasteiger partial charge in [0.2, 0.25) is 11.8 Å². The average Bonchev–Trinajstić information content (AvgIpc) is 3.28. The Hall–Kier alpha value is -2.32. The first kappa shape index (κ1) is 58.8. The second kappa shape index (κ2) is 34.9. The highest BCUT2D eigenvalue weighted by Crippen LogP contribution is 2.26. The van der Waals surface area contributed by atoms with E-state index < -0.39 is 0 Å². The minimum absolute atomic E-state index is 0. The summed E-state index contributed by atoms with van der Waals surface area (Å²) in [6.45, 7) is 14.0. The number of likely N-dealkylation sites (N-methyl/N-ethyl adjacent to an activating group) is 2. The molecule has 2 heterocycles. The fraction of sp³-hybridized carbons (Fsp3) is 0.750. The Morgan fingerprint density at radius 1 is 0.415 bits per heavy atom. The summed E-state index contributed by atoms with van der Waals surface area (Å²) in [5, 5.41) is 0. The number of amides is 2. The van der Waals surface area contributed by atoms with Crippen LogP contribution in [0.2, 0.25) is 0 Å². The summed E-state index contributed by atoms with van der Waals surface area (Å²) in [6, 6.07) is 17.2. The fourth-order valence-electron chi connectivity index (χ4n) is 9.96. The third-order valence-corrected chi connectivity index (χ3v) is 14.5. The third-order valence-electron chi connectivity index (χ3n) is 14.5. The molecule has 0 radical (unpaired) electrons. The topological polar surface area (TPSA) is 49.9 Å². The summed E-state index contributed by atoms with van der Waals surface area (Å²) in [7, 11) is 4.67. The van der Waals surface area contributed by atoms with Crippen LogP contribution in [0.1, 0.15) is 205 Å². The Bertz CT molecular complexity index is 1380. The SMILES string of the molecule is CCCCCCCCCCCCCCCC(=O)N1CC[N+](C)(Cc2ccc(Oc3ccc(C[N+]4(C)CCN(C(=O)CCCCCCCCCCCCCCC)CC4)cc3)cc2)CC1.[Cl-].[Cl-]. The van der Waals surface area contributed by atoms with Crippen LogP contribution in [0, 0.1) is 0 Å². The fourth-order valence-corrected chi connectivity index (χ4v) is 9.96. The van der Waals surface area contributed by atoms with Crippen LogP contribution in [-0.2, 0) is 22.7 Å². The number of piperazine rings is 2. The summed E-state index contributed by atoms with van der Waals surface area (Å²) >= 11 is 0. The van der Waals surface area contributed by atoms with Crippen LogP contribution in [0.5, 0.6) is 11.5 Å². The van der Waals surface area contributed by atoms with E-state index in [-0.39, 0.29) is 24.8 Å². The molecule has 0 aromatic heterocycles. The molecule has 0 bridgehead atoms. The molecule has 0 saturated carbocycles. The zero-order valence-electron chi connectivity index (χ0n) is 42.3. The van der Waals surface area contributed by atoms with E-state index in [0.29, 0.717) is 24.7 Å². The molecule has 2 aromatic rings. The van der Waals surface area contributed by atoms with Gasteiger partial charge in [0.05, 0.1) is 66.5 Å². The van der Waals surface area contributed by atoms with Crippen LogP contribution >= 0.6 is 0 Å². The maximum absolute atomic E-state index is 13.0. The van der Waals surface area contributed by atoms with Crippen LogP contribution < -0.4 is 29.6 Å². The van der Waals surface area contributed by atoms with Crippen molar-refractivity contribution in [1.82, 2.24) is 9.80 Å². The van der Waals surface area contributed by atoms with Crippen molar-refractivity contribution in [2.75, 3.05) is 66.5 Å². The molecule has 2 fully saturated rings. The smallest absolute Gasteiger partial charge is 0.222 e. The largest absolute Gasteiger partial charge is 1.00 e. The number of ether oxygens (including phenoxy) is 1. The molecule has 2 aliphatic rings. The van der Waals surface area contributed by atoms with Gasteiger partial charge in [-0.1, -0.05) is 168 Å². The second-order valence-corrected chi connectivity index (χ2v) is 20.6. The highest BCUT2D eigenvalue weighted by molar-refractivity contribution is 5.76. The van der Waals surface area contributed by atoms with Crippen LogP contribution in [-0.4, -0.2) is 97.0 Å². The molecule has 0 spiro atoms. The van der Waals surface area contributed by atoms with Gasteiger partial charge in [0.1, 0.15) is 24.6 Å². The molecular weight excluding hydrogens is 848 g/mol. The number of halogens is 2. The van der Waals surface area contributed by atoms with Gasteiger partial charge >= 0.3 is 0 Å². The summed E-state index contributed by atoms with van der Waals surface area (Å²) in [5.74, 6) is 2.43. The van der Waals surface area contributed by atoms with Crippen molar-refractivity contribution in [3.05, 3.63) is 59.7 Å². The van der Waals surface area contributed by atoms with Crippen LogP contribution in [0.25, 0.3) is 0 Å². The Labute approximate surface area is 412 Å². The first-order valence-electron chi connectivity index (χ1n) is 26.8. The van der Waals surface area contributed by atoms with E-state index in [2.05, 4.69) is 86.3 Å². The van der Waals surface area contributed by atoms with Crippen LogP contribution in [0.4, 0.5) is 0 Å². The van der Waals surface area contributed by atoms with Crippen LogP contribution in [0.15, 0.2) is 48.5 Å². The highest BCUT2D eigenvalue weighted by Gasteiger charge is 2.32. The van der Waals surface area contributed by atoms with Gasteiger partial charge in [-0.2, -0.15) is 0 Å². The third kappa shape index (κ3) is 25.0. The van der Waals surface area contributed by atoms with E-state index in [1.165, 1.54) is 165 Å². The molecule has 2 amide bonds. The second-order valence-electron chi connectivity index (χ2n) is 20.6. The van der Waals surface area contributed by atoms with Crippen molar-refractivity contribution in [3.63, 3.8) is 0 Å². The van der Waals surface area contributed by atoms with Gasteiger partial charge in [0.15, 0.2) is 0 Å². The monoisotopic (exact) mass is 943 g/mol. The molecule has 0 atom stereocenters. The van der Waals surface area contributed by atoms with E-state index in [1.54, 1.807) is 0 Å². The Morgan fingerprint density at radius 3 is 0.923 bits per heavy atom. The Balaban J connectivity index is 0.00000726. The minimum Gasteiger partial charge on any atom is -1.00 e. The average molecular weight is 944 g/mol. The molecule has 65 heavy (non-hydrogen) atoms. The number of carbonyl (C=O) groups is 2. The highest BCUT2D eigenvalue weighted by atomic mass is 35.5. The normalized spacial score (nSPS) is 15.6. The Kier molecular flexibility index (Phi) is 31.6. The zero-order chi connectivity index (χ0) is 44.9. The van der Waals surface area contributed by atoms with Crippen molar-refractivity contribution in [3.8, 4) is 11.5 Å². The van der Waals surface area contributed by atoms with Gasteiger partial charge < -0.3 is 48.3 Å². The molecule has 0 unspecified atom stereocenters. The number of unbranched alkanes of at least 4 members (excludes halogenated alkanes) is 24. The maximum Gasteiger partial charge on any atom is 0.222 e. The van der Waals surface area contributed by atoms with Gasteiger partial charge in [0.25, 0.3) is 0 Å². The molecule has 0 aliphatic carbocycles. The number of rotatable bonds is 34. The maximum atomic E-state index is 13.0. The van der Waals surface area contributed by atoms with Crippen molar-refractivity contribution < 1.29 is 48.1 Å². The van der Waals surface area contributed by atoms with E-state index in [1.807, 2.05) is 0 Å². The van der Waals surface area contributed by atoms with Gasteiger partial charge in [-0.25, -0.2) is 0 Å². The molecule has 4 rings (SSSR count). The number of hydrogen-bond acceptors (Lipinski definition) is 3. The Morgan fingerprint density at radius 2 is 0.662 bits per heavy atom. The predicted molar refractivity (Wildman–Crippen MR) is 266 cm³/mol. The standard InChI is InChI=1S/C56H96N4O3.2ClH/c1-5-7-9-11-13-15-17-19-21-23-25-27-29-31-55(61)57-41-45-59(3,46-42-57)49-51-33-37-53(38-34-51)63-54-39-35-52(36-40-54)50-60(4)47-43-58(44-48-60)56(62)32-30-28-26-24-22-20-18-16-14-12-10-8-6-2;;/h33-40H,5-32,41-50H2,1-4H3;2*1H/q+2;;/p-2. The quantitative estimate of drug-likeness (QED) is 0.0528. The van der Waals surface area contributed by atoms with Crippen molar-refractivity contribution in [2.45, 2.75) is 207 Å². The lowest BCUT2D eigenvalue weighted by atomic mass is 10.0. The van der Waals surface area contributed by atoms with E-state index in [0.717, 1.165) is 98.8 Å². The number of carbonyl (C=O) groups excluding carboxylic acids is 2. The first-order valence-corrected chi connectivity index (χ1v) is 26.8. The molecule has 0 N–H and O–H groups in total. The van der Waals surface area contributed by atoms with Crippen molar-refractivity contribution in [1.29, 1.82) is 0 Å². The molecule has 9 heteroatoms. The van der Waals surface area contributed by atoms with E-state index >= 15 is 0 Å². The molecule has 2 aromatic carbocycles. The lowest BCUT2D eigenvalue weighted by molar-refractivity contribution is -0.926. The van der Waals surface area contributed by atoms with Gasteiger partial charge in [-0.3, -0.25) is 9.59 Å². The zero-order valence-corrected chi connectivity index (χ0v) is 43.8.